The standard InChI is InChI=1S/C25H22N2O2S2/c1-26(2)20-11-13-21(14-12-20)27-24(28)23(31-25(27)30)16-19-9-6-10-22(15-19)29-17-18-7-4-3-5-8-18/h3-16H,17H2,1-2H3/b23-16-. The number of rotatable bonds is 6. The lowest BCUT2D eigenvalue weighted by Gasteiger charge is -2.17. The van der Waals surface area contributed by atoms with Gasteiger partial charge in [0.2, 0.25) is 0 Å². The first-order valence-corrected chi connectivity index (χ1v) is 11.1. The number of carbonyl (C=O) groups is 1. The molecule has 0 atom stereocenters. The van der Waals surface area contributed by atoms with Crippen LogP contribution < -0.4 is 14.5 Å². The van der Waals surface area contributed by atoms with Crippen molar-refractivity contribution < 1.29 is 9.53 Å². The molecule has 156 valence electrons. The monoisotopic (exact) mass is 446 g/mol. The lowest BCUT2D eigenvalue weighted by atomic mass is 10.2. The fourth-order valence-corrected chi connectivity index (χ4v) is 4.48. The third kappa shape index (κ3) is 4.98. The molecule has 0 aliphatic carbocycles. The van der Waals surface area contributed by atoms with E-state index in [0.717, 1.165) is 28.3 Å². The molecule has 1 aliphatic heterocycles. The van der Waals surface area contributed by atoms with Crippen molar-refractivity contribution in [3.8, 4) is 5.75 Å². The summed E-state index contributed by atoms with van der Waals surface area (Å²) in [5, 5.41) is 0. The van der Waals surface area contributed by atoms with Gasteiger partial charge in [0, 0.05) is 19.8 Å². The Bertz CT molecular complexity index is 1130. The van der Waals surface area contributed by atoms with Crippen LogP contribution in [0.1, 0.15) is 11.1 Å². The molecule has 6 heteroatoms. The zero-order valence-corrected chi connectivity index (χ0v) is 19.0. The molecule has 0 spiro atoms. The number of hydrogen-bond donors (Lipinski definition) is 0. The van der Waals surface area contributed by atoms with E-state index >= 15 is 0 Å². The molecule has 0 unspecified atom stereocenters. The van der Waals surface area contributed by atoms with E-state index in [1.807, 2.05) is 104 Å². The number of ether oxygens (including phenoxy) is 1. The molecular formula is C25H22N2O2S2. The van der Waals surface area contributed by atoms with Gasteiger partial charge in [-0.1, -0.05) is 66.4 Å². The average Bonchev–Trinajstić information content (AvgIpc) is 3.06. The van der Waals surface area contributed by atoms with Gasteiger partial charge >= 0.3 is 0 Å². The molecule has 1 fully saturated rings. The zero-order chi connectivity index (χ0) is 21.8. The topological polar surface area (TPSA) is 32.8 Å². The van der Waals surface area contributed by atoms with Crippen LogP contribution >= 0.6 is 24.0 Å². The van der Waals surface area contributed by atoms with E-state index in [1.54, 1.807) is 4.90 Å². The number of carbonyl (C=O) groups excluding carboxylic acids is 1. The molecule has 31 heavy (non-hydrogen) atoms. The van der Waals surface area contributed by atoms with Crippen molar-refractivity contribution in [1.29, 1.82) is 0 Å². The summed E-state index contributed by atoms with van der Waals surface area (Å²) in [7, 11) is 3.96. The van der Waals surface area contributed by atoms with E-state index in [-0.39, 0.29) is 5.91 Å². The average molecular weight is 447 g/mol. The van der Waals surface area contributed by atoms with E-state index in [4.69, 9.17) is 17.0 Å². The number of amides is 1. The third-order valence-electron chi connectivity index (χ3n) is 4.82. The Balaban J connectivity index is 1.50. The highest BCUT2D eigenvalue weighted by molar-refractivity contribution is 8.27. The number of benzene rings is 3. The zero-order valence-electron chi connectivity index (χ0n) is 17.3. The predicted molar refractivity (Wildman–Crippen MR) is 134 cm³/mol. The summed E-state index contributed by atoms with van der Waals surface area (Å²) in [6.07, 6.45) is 1.86. The first kappa shape index (κ1) is 21.2. The molecule has 3 aromatic carbocycles. The summed E-state index contributed by atoms with van der Waals surface area (Å²) in [5.41, 5.74) is 3.84. The van der Waals surface area contributed by atoms with E-state index in [1.165, 1.54) is 11.8 Å². The van der Waals surface area contributed by atoms with Gasteiger partial charge in [0.25, 0.3) is 5.91 Å². The first-order chi connectivity index (χ1) is 15.0. The second-order valence-electron chi connectivity index (χ2n) is 7.27. The molecule has 4 rings (SSSR count). The lowest BCUT2D eigenvalue weighted by molar-refractivity contribution is -0.113. The SMILES string of the molecule is CN(C)c1ccc(N2C(=O)/C(=C/c3cccc(OCc4ccccc4)c3)SC2=S)cc1. The highest BCUT2D eigenvalue weighted by atomic mass is 32.2. The minimum atomic E-state index is -0.108. The maximum Gasteiger partial charge on any atom is 0.270 e. The van der Waals surface area contributed by atoms with E-state index in [9.17, 15) is 4.79 Å². The van der Waals surface area contributed by atoms with E-state index in [0.29, 0.717) is 15.8 Å². The Morgan fingerprint density at radius 3 is 2.45 bits per heavy atom. The smallest absolute Gasteiger partial charge is 0.270 e. The van der Waals surface area contributed by atoms with Gasteiger partial charge in [-0.2, -0.15) is 0 Å². The minimum Gasteiger partial charge on any atom is -0.489 e. The predicted octanol–water partition coefficient (Wildman–Crippen LogP) is 5.74. The van der Waals surface area contributed by atoms with Crippen LogP contribution in [-0.4, -0.2) is 24.3 Å². The van der Waals surface area contributed by atoms with Gasteiger partial charge in [-0.3, -0.25) is 9.69 Å². The third-order valence-corrected chi connectivity index (χ3v) is 6.12. The van der Waals surface area contributed by atoms with Gasteiger partial charge in [0.1, 0.15) is 12.4 Å². The van der Waals surface area contributed by atoms with Crippen LogP contribution in [0.2, 0.25) is 0 Å². The maximum atomic E-state index is 13.0. The summed E-state index contributed by atoms with van der Waals surface area (Å²) in [4.78, 5) is 17.2. The van der Waals surface area contributed by atoms with Crippen LogP contribution in [0.4, 0.5) is 11.4 Å². The number of nitrogens with zero attached hydrogens (tertiary/aromatic N) is 2. The van der Waals surface area contributed by atoms with Gasteiger partial charge < -0.3 is 9.64 Å². The molecule has 1 aliphatic rings. The van der Waals surface area contributed by atoms with Gasteiger partial charge in [-0.15, -0.1) is 0 Å². The number of hydrogen-bond acceptors (Lipinski definition) is 5. The van der Waals surface area contributed by atoms with Crippen LogP contribution in [0, 0.1) is 0 Å². The fourth-order valence-electron chi connectivity index (χ4n) is 3.18. The largest absolute Gasteiger partial charge is 0.489 e. The van der Waals surface area contributed by atoms with E-state index < -0.39 is 0 Å². The summed E-state index contributed by atoms with van der Waals surface area (Å²) < 4.78 is 6.44. The highest BCUT2D eigenvalue weighted by Crippen LogP contribution is 2.36. The van der Waals surface area contributed by atoms with Gasteiger partial charge in [0.05, 0.1) is 10.6 Å². The van der Waals surface area contributed by atoms with Crippen molar-refractivity contribution in [3.05, 3.63) is 94.9 Å². The maximum absolute atomic E-state index is 13.0. The Morgan fingerprint density at radius 1 is 1.00 bits per heavy atom. The first-order valence-electron chi connectivity index (χ1n) is 9.83. The van der Waals surface area contributed by atoms with Crippen molar-refractivity contribution in [3.63, 3.8) is 0 Å². The molecule has 0 radical (unpaired) electrons. The quantitative estimate of drug-likeness (QED) is 0.356. The van der Waals surface area contributed by atoms with Crippen molar-refractivity contribution in [1.82, 2.24) is 0 Å². The van der Waals surface area contributed by atoms with Crippen molar-refractivity contribution in [2.75, 3.05) is 23.9 Å². The van der Waals surface area contributed by atoms with Crippen LogP contribution in [0.3, 0.4) is 0 Å². The summed E-state index contributed by atoms with van der Waals surface area (Å²) in [6, 6.07) is 25.5. The highest BCUT2D eigenvalue weighted by Gasteiger charge is 2.33. The molecular weight excluding hydrogens is 424 g/mol. The van der Waals surface area contributed by atoms with Gasteiger partial charge in [0.15, 0.2) is 4.32 Å². The van der Waals surface area contributed by atoms with Crippen LogP contribution in [0.5, 0.6) is 5.75 Å². The van der Waals surface area contributed by atoms with Crippen molar-refractivity contribution in [2.24, 2.45) is 0 Å². The number of anilines is 2. The van der Waals surface area contributed by atoms with Crippen molar-refractivity contribution >= 4 is 51.7 Å². The number of thioether (sulfide) groups is 1. The molecule has 0 bridgehead atoms. The molecule has 1 heterocycles. The molecule has 0 N–H and O–H groups in total. The van der Waals surface area contributed by atoms with Crippen LogP contribution in [0.15, 0.2) is 83.8 Å². The minimum absolute atomic E-state index is 0.108. The number of thiocarbonyl (C=S) groups is 1. The Labute approximate surface area is 192 Å². The Morgan fingerprint density at radius 2 is 1.74 bits per heavy atom. The molecule has 1 saturated heterocycles. The summed E-state index contributed by atoms with van der Waals surface area (Å²) >= 11 is 6.81. The molecule has 1 amide bonds. The van der Waals surface area contributed by atoms with Crippen LogP contribution in [0.25, 0.3) is 6.08 Å². The molecule has 4 nitrogen and oxygen atoms in total. The lowest BCUT2D eigenvalue weighted by Crippen LogP contribution is -2.27. The Kier molecular flexibility index (Phi) is 6.39. The second kappa shape index (κ2) is 9.37. The molecule has 0 aromatic heterocycles. The second-order valence-corrected chi connectivity index (χ2v) is 8.95. The van der Waals surface area contributed by atoms with Gasteiger partial charge in [-0.25, -0.2) is 0 Å². The molecule has 0 saturated carbocycles. The normalized spacial score (nSPS) is 14.9. The fraction of sp³-hybridized carbons (Fsp3) is 0.120. The van der Waals surface area contributed by atoms with E-state index in [2.05, 4.69) is 0 Å². The van der Waals surface area contributed by atoms with Crippen molar-refractivity contribution in [2.45, 2.75) is 6.61 Å². The summed E-state index contributed by atoms with van der Waals surface area (Å²) in [5.74, 6) is 0.649. The summed E-state index contributed by atoms with van der Waals surface area (Å²) in [6.45, 7) is 0.495. The van der Waals surface area contributed by atoms with Gasteiger partial charge in [-0.05, 0) is 53.6 Å². The molecule has 3 aromatic rings. The Hall–Kier alpha value is -3.09. The van der Waals surface area contributed by atoms with Crippen LogP contribution in [-0.2, 0) is 11.4 Å².